The molecule has 3 nitrogen and oxygen atoms in total. The van der Waals surface area contributed by atoms with Crippen LogP contribution in [0, 0.1) is 6.92 Å². The molecule has 1 unspecified atom stereocenters. The average Bonchev–Trinajstić information content (AvgIpc) is 2.56. The Morgan fingerprint density at radius 3 is 2.09 bits per heavy atom. The van der Waals surface area contributed by atoms with E-state index < -0.39 is 6.29 Å². The van der Waals surface area contributed by atoms with Gasteiger partial charge in [0, 0.05) is 32.1 Å². The van der Waals surface area contributed by atoms with Gasteiger partial charge in [-0.3, -0.25) is 4.79 Å². The Morgan fingerprint density at radius 1 is 0.955 bits per heavy atom. The van der Waals surface area contributed by atoms with Crippen molar-refractivity contribution >= 4 is 5.78 Å². The van der Waals surface area contributed by atoms with E-state index >= 15 is 0 Å². The Hall–Kier alpha value is -1.97. The summed E-state index contributed by atoms with van der Waals surface area (Å²) in [7, 11) is 3.20. The van der Waals surface area contributed by atoms with Crippen molar-refractivity contribution in [3.05, 3.63) is 71.3 Å². The predicted molar refractivity (Wildman–Crippen MR) is 87.1 cm³/mol. The summed E-state index contributed by atoms with van der Waals surface area (Å²) in [6.45, 7) is 2.01. The fourth-order valence-corrected chi connectivity index (χ4v) is 2.55. The Bertz CT molecular complexity index is 586. The Kier molecular flexibility index (Phi) is 5.87. The highest BCUT2D eigenvalue weighted by molar-refractivity contribution is 5.96. The van der Waals surface area contributed by atoms with Crippen LogP contribution in [0.2, 0.25) is 0 Å². The van der Waals surface area contributed by atoms with Crippen LogP contribution < -0.4 is 0 Å². The van der Waals surface area contributed by atoms with E-state index in [0.717, 1.165) is 16.7 Å². The summed E-state index contributed by atoms with van der Waals surface area (Å²) in [5, 5.41) is 0. The second kappa shape index (κ2) is 7.87. The number of benzene rings is 2. The van der Waals surface area contributed by atoms with Crippen molar-refractivity contribution in [2.75, 3.05) is 14.2 Å². The third-order valence-corrected chi connectivity index (χ3v) is 3.80. The fourth-order valence-electron chi connectivity index (χ4n) is 2.55. The molecule has 0 aromatic heterocycles. The minimum absolute atomic E-state index is 0.0907. The minimum atomic E-state index is -0.447. The van der Waals surface area contributed by atoms with Crippen LogP contribution in [0.4, 0.5) is 0 Å². The standard InChI is InChI=1S/C19H22O3/c1-14-9-11-16(12-10-14)18(20)13-17(19(21-2)22-3)15-7-5-4-6-8-15/h4-12,17,19H,13H2,1-3H3. The molecule has 2 aromatic carbocycles. The van der Waals surface area contributed by atoms with Gasteiger partial charge in [0.2, 0.25) is 0 Å². The number of rotatable bonds is 7. The topological polar surface area (TPSA) is 35.5 Å². The van der Waals surface area contributed by atoms with Crippen molar-refractivity contribution in [3.63, 3.8) is 0 Å². The number of methoxy groups -OCH3 is 2. The third-order valence-electron chi connectivity index (χ3n) is 3.80. The number of hydrogen-bond acceptors (Lipinski definition) is 3. The van der Waals surface area contributed by atoms with Crippen LogP contribution in [0.15, 0.2) is 54.6 Å². The molecule has 0 bridgehead atoms. The van der Waals surface area contributed by atoms with E-state index in [2.05, 4.69) is 0 Å². The first-order valence-corrected chi connectivity index (χ1v) is 7.36. The molecule has 0 saturated carbocycles. The molecular weight excluding hydrogens is 276 g/mol. The Morgan fingerprint density at radius 2 is 1.55 bits per heavy atom. The van der Waals surface area contributed by atoms with Gasteiger partial charge in [-0.1, -0.05) is 60.2 Å². The van der Waals surface area contributed by atoms with Crippen LogP contribution in [0.5, 0.6) is 0 Å². The molecule has 3 heteroatoms. The highest BCUT2D eigenvalue weighted by Gasteiger charge is 2.26. The number of Topliss-reactive ketones (excluding diaryl/α,β-unsaturated/α-hetero) is 1. The number of ketones is 1. The van der Waals surface area contributed by atoms with Gasteiger partial charge < -0.3 is 9.47 Å². The van der Waals surface area contributed by atoms with Gasteiger partial charge in [0.05, 0.1) is 0 Å². The fraction of sp³-hybridized carbons (Fsp3) is 0.316. The highest BCUT2D eigenvalue weighted by Crippen LogP contribution is 2.27. The third kappa shape index (κ3) is 4.03. The van der Waals surface area contributed by atoms with Crippen molar-refractivity contribution in [2.45, 2.75) is 25.6 Å². The number of carbonyl (C=O) groups is 1. The van der Waals surface area contributed by atoms with Crippen LogP contribution in [0.25, 0.3) is 0 Å². The molecule has 0 N–H and O–H groups in total. The molecule has 0 spiro atoms. The number of ether oxygens (including phenoxy) is 2. The first-order valence-electron chi connectivity index (χ1n) is 7.36. The molecule has 0 saturated heterocycles. The smallest absolute Gasteiger partial charge is 0.164 e. The molecule has 0 aliphatic heterocycles. The van der Waals surface area contributed by atoms with Gasteiger partial charge in [-0.25, -0.2) is 0 Å². The highest BCUT2D eigenvalue weighted by atomic mass is 16.7. The van der Waals surface area contributed by atoms with E-state index in [1.165, 1.54) is 0 Å². The molecule has 0 aliphatic carbocycles. The summed E-state index contributed by atoms with van der Waals surface area (Å²) >= 11 is 0. The molecule has 0 radical (unpaired) electrons. The SMILES string of the molecule is COC(OC)C(CC(=O)c1ccc(C)cc1)c1ccccc1. The largest absolute Gasteiger partial charge is 0.355 e. The lowest BCUT2D eigenvalue weighted by molar-refractivity contribution is -0.117. The van der Waals surface area contributed by atoms with Crippen molar-refractivity contribution in [1.82, 2.24) is 0 Å². The maximum atomic E-state index is 12.6. The van der Waals surface area contributed by atoms with E-state index in [4.69, 9.17) is 9.47 Å². The summed E-state index contributed by atoms with van der Waals surface area (Å²) in [6, 6.07) is 17.5. The molecule has 0 amide bonds. The Labute approximate surface area is 131 Å². The van der Waals surface area contributed by atoms with Crippen molar-refractivity contribution in [2.24, 2.45) is 0 Å². The molecule has 2 aromatic rings. The van der Waals surface area contributed by atoms with Crippen molar-refractivity contribution in [1.29, 1.82) is 0 Å². The summed E-state index contributed by atoms with van der Waals surface area (Å²) in [5.74, 6) is -0.0436. The van der Waals surface area contributed by atoms with Gasteiger partial charge in [0.15, 0.2) is 12.1 Å². The molecule has 1 atom stereocenters. The quantitative estimate of drug-likeness (QED) is 0.573. The van der Waals surface area contributed by atoms with Gasteiger partial charge >= 0.3 is 0 Å². The zero-order valence-corrected chi connectivity index (χ0v) is 13.3. The number of aryl methyl sites for hydroxylation is 1. The van der Waals surface area contributed by atoms with Crippen molar-refractivity contribution in [3.8, 4) is 0 Å². The predicted octanol–water partition coefficient (Wildman–Crippen LogP) is 3.97. The first-order chi connectivity index (χ1) is 10.7. The molecule has 22 heavy (non-hydrogen) atoms. The molecular formula is C19H22O3. The lowest BCUT2D eigenvalue weighted by Gasteiger charge is -2.24. The maximum Gasteiger partial charge on any atom is 0.164 e. The molecule has 2 rings (SSSR count). The molecule has 116 valence electrons. The van der Waals surface area contributed by atoms with Crippen molar-refractivity contribution < 1.29 is 14.3 Å². The van der Waals surface area contributed by atoms with Crippen LogP contribution >= 0.6 is 0 Å². The normalized spacial score (nSPS) is 12.4. The van der Waals surface area contributed by atoms with E-state index in [0.29, 0.717) is 6.42 Å². The second-order valence-electron chi connectivity index (χ2n) is 5.35. The number of carbonyl (C=O) groups excluding carboxylic acids is 1. The van der Waals surface area contributed by atoms with Gasteiger partial charge in [-0.05, 0) is 12.5 Å². The van der Waals surface area contributed by atoms with Crippen LogP contribution in [0.1, 0.15) is 33.8 Å². The van der Waals surface area contributed by atoms with Gasteiger partial charge in [0.25, 0.3) is 0 Å². The minimum Gasteiger partial charge on any atom is -0.355 e. The van der Waals surface area contributed by atoms with Gasteiger partial charge in [0.1, 0.15) is 0 Å². The second-order valence-corrected chi connectivity index (χ2v) is 5.35. The summed E-state index contributed by atoms with van der Waals surface area (Å²) in [5.41, 5.74) is 2.90. The van der Waals surface area contributed by atoms with Gasteiger partial charge in [-0.2, -0.15) is 0 Å². The summed E-state index contributed by atoms with van der Waals surface area (Å²) < 4.78 is 10.8. The summed E-state index contributed by atoms with van der Waals surface area (Å²) in [6.07, 6.45) is -0.101. The van der Waals surface area contributed by atoms with E-state index in [9.17, 15) is 4.79 Å². The monoisotopic (exact) mass is 298 g/mol. The van der Waals surface area contributed by atoms with Crippen LogP contribution in [0.3, 0.4) is 0 Å². The Balaban J connectivity index is 2.22. The molecule has 0 heterocycles. The zero-order valence-electron chi connectivity index (χ0n) is 13.3. The first kappa shape index (κ1) is 16.4. The van der Waals surface area contributed by atoms with Gasteiger partial charge in [-0.15, -0.1) is 0 Å². The van der Waals surface area contributed by atoms with E-state index in [1.54, 1.807) is 14.2 Å². The molecule has 0 aliphatic rings. The maximum absolute atomic E-state index is 12.6. The average molecular weight is 298 g/mol. The lowest BCUT2D eigenvalue weighted by Crippen LogP contribution is -2.25. The van der Waals surface area contributed by atoms with Crippen LogP contribution in [-0.2, 0) is 9.47 Å². The lowest BCUT2D eigenvalue weighted by atomic mass is 9.90. The van der Waals surface area contributed by atoms with Crippen LogP contribution in [-0.4, -0.2) is 26.3 Å². The van der Waals surface area contributed by atoms with E-state index in [-0.39, 0.29) is 11.7 Å². The molecule has 0 fully saturated rings. The number of hydrogen-bond donors (Lipinski definition) is 0. The van der Waals surface area contributed by atoms with E-state index in [1.807, 2.05) is 61.5 Å². The zero-order chi connectivity index (χ0) is 15.9. The summed E-state index contributed by atoms with van der Waals surface area (Å²) in [4.78, 5) is 12.6.